The summed E-state index contributed by atoms with van der Waals surface area (Å²) in [6.45, 7) is 7.81. The van der Waals surface area contributed by atoms with Crippen molar-refractivity contribution in [2.75, 3.05) is 0 Å². The largest absolute Gasteiger partial charge is 1.00 e. The summed E-state index contributed by atoms with van der Waals surface area (Å²) < 4.78 is 5.09. The third-order valence-corrected chi connectivity index (χ3v) is 1.55. The molecule has 0 saturated heterocycles. The summed E-state index contributed by atoms with van der Waals surface area (Å²) >= 11 is 0. The number of hydrogen-bond acceptors (Lipinski definition) is 2. The molecular weight excluding hydrogens is 155 g/mol. The van der Waals surface area contributed by atoms with Crippen molar-refractivity contribution in [3.63, 3.8) is 0 Å². The van der Waals surface area contributed by atoms with Crippen molar-refractivity contribution in [2.45, 2.75) is 33.0 Å². The number of carbonyl (C=O) groups is 1. The van der Waals surface area contributed by atoms with E-state index in [2.05, 4.69) is 0 Å². The number of hydrogen-bond donors (Lipinski definition) is 0. The van der Waals surface area contributed by atoms with E-state index in [0.29, 0.717) is 6.42 Å². The van der Waals surface area contributed by atoms with Gasteiger partial charge in [0.1, 0.15) is 0 Å². The molecule has 0 amide bonds. The minimum Gasteiger partial charge on any atom is -1.00 e. The molecule has 0 aromatic rings. The molecule has 0 aromatic carbocycles. The summed E-state index contributed by atoms with van der Waals surface area (Å²) in [5.74, 6) is -0.0748. The second kappa shape index (κ2) is 5.35. The zero-order chi connectivity index (χ0) is 7.49. The minimum atomic E-state index is -1.59. The van der Waals surface area contributed by atoms with Gasteiger partial charge in [-0.25, -0.2) is 0 Å². The summed E-state index contributed by atoms with van der Waals surface area (Å²) in [7, 11) is -1.59. The second-order valence-corrected chi connectivity index (χ2v) is 7.37. The Bertz CT molecular complexity index is 114. The zero-order valence-electron chi connectivity index (χ0n) is 8.52. The molecule has 0 bridgehead atoms. The first kappa shape index (κ1) is 13.3. The number of carbonyl (C=O) groups excluding carboxylic acids is 1. The van der Waals surface area contributed by atoms with Crippen molar-refractivity contribution in [1.82, 2.24) is 0 Å². The van der Waals surface area contributed by atoms with Gasteiger partial charge in [-0.15, -0.1) is 0 Å². The Morgan fingerprint density at radius 2 is 1.90 bits per heavy atom. The molecule has 0 heterocycles. The average Bonchev–Trinajstić information content (AvgIpc) is 1.62. The molecule has 10 heavy (non-hydrogen) atoms. The monoisotopic (exact) mass is 170 g/mol. The van der Waals surface area contributed by atoms with Crippen molar-refractivity contribution in [3.05, 3.63) is 0 Å². The maximum atomic E-state index is 10.6. The van der Waals surface area contributed by atoms with Crippen LogP contribution in [0.15, 0.2) is 0 Å². The Hall–Kier alpha value is 0.687. The van der Waals surface area contributed by atoms with E-state index in [1.165, 1.54) is 0 Å². The first-order valence-electron chi connectivity index (χ1n) is 3.17. The molecule has 0 N–H and O–H groups in total. The maximum absolute atomic E-state index is 10.6. The summed E-state index contributed by atoms with van der Waals surface area (Å²) in [6, 6.07) is 0. The predicted octanol–water partition coefficient (Wildman–Crippen LogP) is -1.11. The second-order valence-electron chi connectivity index (χ2n) is 2.94. The van der Waals surface area contributed by atoms with Crippen LogP contribution in [0.5, 0.6) is 0 Å². The zero-order valence-corrected chi connectivity index (χ0v) is 10.5. The van der Waals surface area contributed by atoms with Crippen molar-refractivity contribution in [3.8, 4) is 0 Å². The van der Waals surface area contributed by atoms with E-state index in [1.807, 2.05) is 26.6 Å². The van der Waals surface area contributed by atoms with E-state index in [9.17, 15) is 4.79 Å². The summed E-state index contributed by atoms with van der Waals surface area (Å²) in [5.41, 5.74) is 0. The van der Waals surface area contributed by atoms with Gasteiger partial charge in [-0.2, -0.15) is 0 Å². The SMILES string of the molecule is CCC(=O)O[Si](C)(C)C.[H-].[Na+]. The Morgan fingerprint density at radius 1 is 1.50 bits per heavy atom. The standard InChI is InChI=1S/C6H14O2Si.Na.H/c1-5-6(7)8-9(2,3)4;;/h5H2,1-4H3;;/q;+1;-1. The van der Waals surface area contributed by atoms with Crippen LogP contribution in [0.25, 0.3) is 0 Å². The molecule has 0 rings (SSSR count). The van der Waals surface area contributed by atoms with Gasteiger partial charge < -0.3 is 5.85 Å². The molecular formula is C6H15NaO2Si. The van der Waals surface area contributed by atoms with Gasteiger partial charge in [0, 0.05) is 6.42 Å². The van der Waals surface area contributed by atoms with Gasteiger partial charge in [0.2, 0.25) is 8.32 Å². The van der Waals surface area contributed by atoms with Gasteiger partial charge in [-0.05, 0) is 19.6 Å². The third-order valence-electron chi connectivity index (χ3n) is 0.709. The molecule has 2 nitrogen and oxygen atoms in total. The maximum Gasteiger partial charge on any atom is 1.00 e. The van der Waals surface area contributed by atoms with E-state index >= 15 is 0 Å². The fraction of sp³-hybridized carbons (Fsp3) is 0.833. The van der Waals surface area contributed by atoms with Gasteiger partial charge in [-0.3, -0.25) is 4.79 Å². The van der Waals surface area contributed by atoms with E-state index in [0.717, 1.165) is 0 Å². The topological polar surface area (TPSA) is 26.3 Å². The van der Waals surface area contributed by atoms with Crippen LogP contribution >= 0.6 is 0 Å². The van der Waals surface area contributed by atoms with Crippen molar-refractivity contribution >= 4 is 14.3 Å². The van der Waals surface area contributed by atoms with Gasteiger partial charge in [0.05, 0.1) is 0 Å². The molecule has 0 saturated carbocycles. The van der Waals surface area contributed by atoms with Gasteiger partial charge in [0.15, 0.2) is 0 Å². The Kier molecular flexibility index (Phi) is 7.11. The number of rotatable bonds is 2. The van der Waals surface area contributed by atoms with Crippen LogP contribution in [0, 0.1) is 0 Å². The molecule has 0 aliphatic rings. The normalized spacial score (nSPS) is 10.0. The molecule has 0 unspecified atom stereocenters. The van der Waals surface area contributed by atoms with Crippen molar-refractivity contribution in [1.29, 1.82) is 0 Å². The smallest absolute Gasteiger partial charge is 1.00 e. The molecule has 0 fully saturated rings. The first-order chi connectivity index (χ1) is 3.95. The Morgan fingerprint density at radius 3 is 2.00 bits per heavy atom. The fourth-order valence-corrected chi connectivity index (χ4v) is 1.24. The predicted molar refractivity (Wildman–Crippen MR) is 40.8 cm³/mol. The molecule has 0 radical (unpaired) electrons. The molecule has 0 spiro atoms. The van der Waals surface area contributed by atoms with Crippen LogP contribution in [0.1, 0.15) is 14.8 Å². The average molecular weight is 170 g/mol. The third kappa shape index (κ3) is 8.69. The molecule has 0 aliphatic carbocycles. The van der Waals surface area contributed by atoms with Crippen LogP contribution in [-0.2, 0) is 9.22 Å². The quantitative estimate of drug-likeness (QED) is 0.491. The van der Waals surface area contributed by atoms with Crippen molar-refractivity contribution < 1.29 is 40.2 Å². The summed E-state index contributed by atoms with van der Waals surface area (Å²) in [4.78, 5) is 10.6. The van der Waals surface area contributed by atoms with E-state index < -0.39 is 8.32 Å². The Labute approximate surface area is 87.2 Å². The van der Waals surface area contributed by atoms with E-state index in [4.69, 9.17) is 4.43 Å². The summed E-state index contributed by atoms with van der Waals surface area (Å²) in [6.07, 6.45) is 0.490. The summed E-state index contributed by atoms with van der Waals surface area (Å²) in [5, 5.41) is 0. The van der Waals surface area contributed by atoms with Gasteiger partial charge in [-0.1, -0.05) is 6.92 Å². The molecule has 0 aromatic heterocycles. The minimum absolute atomic E-state index is 0. The van der Waals surface area contributed by atoms with E-state index in [-0.39, 0.29) is 37.0 Å². The molecule has 0 atom stereocenters. The van der Waals surface area contributed by atoms with Crippen LogP contribution in [0.2, 0.25) is 19.6 Å². The molecule has 0 aliphatic heterocycles. The molecule has 4 heteroatoms. The first-order valence-corrected chi connectivity index (χ1v) is 6.58. The fourth-order valence-electron chi connectivity index (χ4n) is 0.414. The van der Waals surface area contributed by atoms with Crippen LogP contribution < -0.4 is 29.6 Å². The molecule has 56 valence electrons. The van der Waals surface area contributed by atoms with Gasteiger partial charge in [0.25, 0.3) is 5.97 Å². The van der Waals surface area contributed by atoms with Crippen molar-refractivity contribution in [2.24, 2.45) is 0 Å². The van der Waals surface area contributed by atoms with E-state index in [1.54, 1.807) is 0 Å². The van der Waals surface area contributed by atoms with Crippen LogP contribution in [-0.4, -0.2) is 14.3 Å². The van der Waals surface area contributed by atoms with Crippen LogP contribution in [0.4, 0.5) is 0 Å². The Balaban J connectivity index is -0.000000320. The van der Waals surface area contributed by atoms with Gasteiger partial charge >= 0.3 is 29.6 Å². The van der Waals surface area contributed by atoms with Crippen LogP contribution in [0.3, 0.4) is 0 Å².